The van der Waals surface area contributed by atoms with Gasteiger partial charge in [-0.1, -0.05) is 30.3 Å². The first-order valence-corrected chi connectivity index (χ1v) is 9.49. The van der Waals surface area contributed by atoms with Crippen molar-refractivity contribution in [2.24, 2.45) is 11.8 Å². The molecule has 0 aromatic heterocycles. The van der Waals surface area contributed by atoms with Crippen LogP contribution in [0.5, 0.6) is 11.5 Å². The van der Waals surface area contributed by atoms with Crippen molar-refractivity contribution >= 4 is 0 Å². The van der Waals surface area contributed by atoms with Gasteiger partial charge in [-0.2, -0.15) is 0 Å². The van der Waals surface area contributed by atoms with Gasteiger partial charge in [-0.25, -0.2) is 0 Å². The molecule has 132 valence electrons. The quantitative estimate of drug-likeness (QED) is 0.712. The van der Waals surface area contributed by atoms with Crippen molar-refractivity contribution in [1.29, 1.82) is 0 Å². The van der Waals surface area contributed by atoms with Crippen LogP contribution in [0.15, 0.2) is 54.6 Å². The van der Waals surface area contributed by atoms with E-state index in [1.165, 1.54) is 44.5 Å². The van der Waals surface area contributed by atoms with Crippen LogP contribution in [0.2, 0.25) is 0 Å². The van der Waals surface area contributed by atoms with E-state index in [1.54, 1.807) is 0 Å². The highest BCUT2D eigenvalue weighted by molar-refractivity contribution is 5.28. The van der Waals surface area contributed by atoms with Crippen LogP contribution in [-0.4, -0.2) is 37.7 Å². The molecule has 2 bridgehead atoms. The highest BCUT2D eigenvalue weighted by Crippen LogP contribution is 2.34. The third kappa shape index (κ3) is 4.35. The molecule has 3 aliphatic heterocycles. The molecule has 2 aromatic carbocycles. The van der Waals surface area contributed by atoms with Gasteiger partial charge in [-0.3, -0.25) is 0 Å². The Bertz CT molecular complexity index is 647. The molecule has 0 N–H and O–H groups in total. The Morgan fingerprint density at radius 3 is 2.04 bits per heavy atom. The van der Waals surface area contributed by atoms with E-state index < -0.39 is 0 Å². The lowest BCUT2D eigenvalue weighted by Gasteiger charge is -2.45. The van der Waals surface area contributed by atoms with Gasteiger partial charge >= 0.3 is 0 Å². The van der Waals surface area contributed by atoms with Crippen LogP contribution in [0.25, 0.3) is 0 Å². The van der Waals surface area contributed by atoms with Gasteiger partial charge in [0, 0.05) is 6.54 Å². The largest absolute Gasteiger partial charge is 0.490 e. The van der Waals surface area contributed by atoms with Gasteiger partial charge in [0.05, 0.1) is 0 Å². The fourth-order valence-electron chi connectivity index (χ4n) is 4.18. The maximum atomic E-state index is 5.79. The minimum absolute atomic E-state index is 0.561. The smallest absolute Gasteiger partial charge is 0.122 e. The molecule has 3 heteroatoms. The zero-order valence-corrected chi connectivity index (χ0v) is 14.8. The Hall–Kier alpha value is -2.00. The lowest BCUT2D eigenvalue weighted by atomic mass is 9.76. The summed E-state index contributed by atoms with van der Waals surface area (Å²) in [6.07, 6.45) is 4.00. The third-order valence-electron chi connectivity index (χ3n) is 5.58. The summed E-state index contributed by atoms with van der Waals surface area (Å²) in [5, 5.41) is 0. The second-order valence-corrected chi connectivity index (χ2v) is 7.26. The van der Waals surface area contributed by atoms with Crippen molar-refractivity contribution in [2.45, 2.75) is 19.3 Å². The fourth-order valence-corrected chi connectivity index (χ4v) is 4.18. The molecule has 3 nitrogen and oxygen atoms in total. The predicted octanol–water partition coefficient (Wildman–Crippen LogP) is 4.03. The number of benzene rings is 2. The molecule has 3 saturated heterocycles. The van der Waals surface area contributed by atoms with Gasteiger partial charge in [0.2, 0.25) is 0 Å². The predicted molar refractivity (Wildman–Crippen MR) is 100 cm³/mol. The Labute approximate surface area is 150 Å². The highest BCUT2D eigenvalue weighted by Gasteiger charge is 2.33. The van der Waals surface area contributed by atoms with Crippen LogP contribution >= 0.6 is 0 Å². The molecule has 0 amide bonds. The monoisotopic (exact) mass is 337 g/mol. The van der Waals surface area contributed by atoms with E-state index in [2.05, 4.69) is 29.2 Å². The Balaban J connectivity index is 1.22. The van der Waals surface area contributed by atoms with Crippen molar-refractivity contribution in [3.63, 3.8) is 0 Å². The summed E-state index contributed by atoms with van der Waals surface area (Å²) in [7, 11) is 0. The van der Waals surface area contributed by atoms with E-state index in [9.17, 15) is 0 Å². The first-order valence-electron chi connectivity index (χ1n) is 9.49. The van der Waals surface area contributed by atoms with Crippen molar-refractivity contribution in [2.75, 3.05) is 32.8 Å². The number of hydrogen-bond acceptors (Lipinski definition) is 3. The lowest BCUT2D eigenvalue weighted by molar-refractivity contribution is 0.0512. The van der Waals surface area contributed by atoms with Gasteiger partial charge in [-0.15, -0.1) is 0 Å². The number of fused-ring (bicyclic) bond motifs is 3. The molecule has 0 saturated carbocycles. The Morgan fingerprint density at radius 2 is 1.44 bits per heavy atom. The molecule has 25 heavy (non-hydrogen) atoms. The Kier molecular flexibility index (Phi) is 5.22. The van der Waals surface area contributed by atoms with Crippen LogP contribution in [0.3, 0.4) is 0 Å². The lowest BCUT2D eigenvalue weighted by Crippen LogP contribution is -2.48. The molecule has 3 fully saturated rings. The van der Waals surface area contributed by atoms with E-state index in [0.717, 1.165) is 23.3 Å². The van der Waals surface area contributed by atoms with Gasteiger partial charge in [0.1, 0.15) is 24.7 Å². The van der Waals surface area contributed by atoms with Crippen LogP contribution in [-0.2, 0) is 6.42 Å². The average Bonchev–Trinajstić information content (AvgIpc) is 2.68. The van der Waals surface area contributed by atoms with Gasteiger partial charge in [0.25, 0.3) is 0 Å². The number of hydrogen-bond donors (Lipinski definition) is 0. The minimum Gasteiger partial charge on any atom is -0.490 e. The van der Waals surface area contributed by atoms with E-state index in [-0.39, 0.29) is 0 Å². The molecule has 0 spiro atoms. The summed E-state index contributed by atoms with van der Waals surface area (Å²) in [5.74, 6) is 3.60. The summed E-state index contributed by atoms with van der Waals surface area (Å²) < 4.78 is 11.4. The average molecular weight is 337 g/mol. The normalized spacial score (nSPS) is 24.9. The summed E-state index contributed by atoms with van der Waals surface area (Å²) in [4.78, 5) is 2.63. The molecular formula is C22H27NO2. The van der Waals surface area contributed by atoms with Crippen molar-refractivity contribution < 1.29 is 9.47 Å². The zero-order valence-electron chi connectivity index (χ0n) is 14.8. The summed E-state index contributed by atoms with van der Waals surface area (Å²) in [6.45, 7) is 5.05. The molecular weight excluding hydrogens is 310 g/mol. The molecule has 0 radical (unpaired) electrons. The van der Waals surface area contributed by atoms with E-state index in [0.29, 0.717) is 13.2 Å². The molecule has 2 aromatic rings. The summed E-state index contributed by atoms with van der Waals surface area (Å²) >= 11 is 0. The van der Waals surface area contributed by atoms with Gasteiger partial charge in [-0.05, 0) is 74.0 Å². The molecule has 3 aliphatic rings. The topological polar surface area (TPSA) is 21.7 Å². The van der Waals surface area contributed by atoms with Crippen LogP contribution in [0.1, 0.15) is 18.4 Å². The summed E-state index contributed by atoms with van der Waals surface area (Å²) in [6, 6.07) is 18.5. The third-order valence-corrected chi connectivity index (χ3v) is 5.58. The maximum absolute atomic E-state index is 5.79. The molecule has 3 heterocycles. The van der Waals surface area contributed by atoms with Crippen molar-refractivity contribution in [3.05, 3.63) is 60.2 Å². The number of para-hydroxylation sites is 1. The standard InChI is InChI=1S/C22H27NO2/c1-2-4-21(5-3-1)24-14-15-25-22-8-6-18(7-9-22)16-20-17-23-12-10-19(20)11-13-23/h1-9,19-20H,10-17H2/t20-/m0/s1. The SMILES string of the molecule is c1ccc(OCCOc2ccc(C[C@H]3CN4CCC3CC4)cc2)cc1. The van der Waals surface area contributed by atoms with Gasteiger partial charge < -0.3 is 14.4 Å². The Morgan fingerprint density at radius 1 is 0.800 bits per heavy atom. The van der Waals surface area contributed by atoms with Crippen LogP contribution < -0.4 is 9.47 Å². The number of nitrogens with zero attached hydrogens (tertiary/aromatic N) is 1. The number of rotatable bonds is 7. The van der Waals surface area contributed by atoms with Crippen molar-refractivity contribution in [3.8, 4) is 11.5 Å². The molecule has 1 atom stereocenters. The van der Waals surface area contributed by atoms with E-state index in [1.807, 2.05) is 30.3 Å². The van der Waals surface area contributed by atoms with Crippen LogP contribution in [0.4, 0.5) is 0 Å². The zero-order chi connectivity index (χ0) is 16.9. The highest BCUT2D eigenvalue weighted by atomic mass is 16.5. The first-order chi connectivity index (χ1) is 12.4. The summed E-state index contributed by atoms with van der Waals surface area (Å²) in [5.41, 5.74) is 1.44. The molecule has 0 unspecified atom stereocenters. The van der Waals surface area contributed by atoms with Crippen LogP contribution in [0, 0.1) is 11.8 Å². The molecule has 5 rings (SSSR count). The fraction of sp³-hybridized carbons (Fsp3) is 0.455. The second kappa shape index (κ2) is 7.92. The van der Waals surface area contributed by atoms with Gasteiger partial charge in [0.15, 0.2) is 0 Å². The molecule has 0 aliphatic carbocycles. The van der Waals surface area contributed by atoms with Crippen molar-refractivity contribution in [1.82, 2.24) is 4.90 Å². The van der Waals surface area contributed by atoms with E-state index in [4.69, 9.17) is 9.47 Å². The minimum atomic E-state index is 0.561. The maximum Gasteiger partial charge on any atom is 0.122 e. The number of piperidine rings is 3. The number of ether oxygens (including phenoxy) is 2. The first kappa shape index (κ1) is 16.5. The second-order valence-electron chi connectivity index (χ2n) is 7.26. The van der Waals surface area contributed by atoms with E-state index >= 15 is 0 Å².